The molecule has 1 aliphatic heterocycles. The molecule has 2 aromatic carbocycles. The molecule has 0 spiro atoms. The van der Waals surface area contributed by atoms with Crippen molar-refractivity contribution in [3.05, 3.63) is 75.4 Å². The number of carbonyl (C=O) groups excluding carboxylic acids is 1. The first-order valence-corrected chi connectivity index (χ1v) is 9.07. The molecular formula is C20H20ClN3OS. The molecule has 3 rings (SSSR count). The SMILES string of the molecule is CC1=C(C(=O)Nc2cccc(C)c2C)[C@@H](c2ccccc2Cl)NC(=S)N1. The molecule has 134 valence electrons. The lowest BCUT2D eigenvalue weighted by Gasteiger charge is -2.31. The lowest BCUT2D eigenvalue weighted by atomic mass is 9.94. The lowest BCUT2D eigenvalue weighted by Crippen LogP contribution is -2.45. The molecule has 2 aromatic rings. The summed E-state index contributed by atoms with van der Waals surface area (Å²) in [4.78, 5) is 13.1. The van der Waals surface area contributed by atoms with Gasteiger partial charge in [-0.05, 0) is 61.8 Å². The molecule has 0 aliphatic carbocycles. The minimum atomic E-state index is -0.414. The van der Waals surface area contributed by atoms with Gasteiger partial charge < -0.3 is 16.0 Å². The van der Waals surface area contributed by atoms with Gasteiger partial charge in [0.05, 0.1) is 11.6 Å². The first kappa shape index (κ1) is 18.4. The Labute approximate surface area is 163 Å². The lowest BCUT2D eigenvalue weighted by molar-refractivity contribution is -0.113. The van der Waals surface area contributed by atoms with Crippen LogP contribution in [-0.2, 0) is 4.79 Å². The Balaban J connectivity index is 2.00. The van der Waals surface area contributed by atoms with Gasteiger partial charge in [-0.2, -0.15) is 0 Å². The molecule has 0 saturated carbocycles. The van der Waals surface area contributed by atoms with Gasteiger partial charge in [0, 0.05) is 16.4 Å². The van der Waals surface area contributed by atoms with E-state index in [1.54, 1.807) is 6.07 Å². The summed E-state index contributed by atoms with van der Waals surface area (Å²) in [5, 5.41) is 10.3. The Morgan fingerprint density at radius 3 is 2.58 bits per heavy atom. The van der Waals surface area contributed by atoms with Crippen molar-refractivity contribution in [1.82, 2.24) is 10.6 Å². The van der Waals surface area contributed by atoms with Crippen LogP contribution in [0, 0.1) is 13.8 Å². The molecule has 26 heavy (non-hydrogen) atoms. The minimum absolute atomic E-state index is 0.191. The van der Waals surface area contributed by atoms with E-state index in [1.807, 2.05) is 57.2 Å². The maximum Gasteiger partial charge on any atom is 0.255 e. The number of anilines is 1. The average molecular weight is 386 g/mol. The second-order valence-corrected chi connectivity index (χ2v) is 7.11. The summed E-state index contributed by atoms with van der Waals surface area (Å²) in [6.07, 6.45) is 0. The highest BCUT2D eigenvalue weighted by atomic mass is 35.5. The van der Waals surface area contributed by atoms with Crippen molar-refractivity contribution >= 4 is 40.5 Å². The van der Waals surface area contributed by atoms with Crippen LogP contribution < -0.4 is 16.0 Å². The third-order valence-corrected chi connectivity index (χ3v) is 5.15. The van der Waals surface area contributed by atoms with E-state index in [1.165, 1.54) is 0 Å². The standard InChI is InChI=1S/C20H20ClN3OS/c1-11-7-6-10-16(12(11)2)23-19(25)17-13(3)22-20(26)24-18(17)14-8-4-5-9-15(14)21/h4-10,18H,1-3H3,(H,23,25)(H2,22,24,26)/t18-/m1/s1. The predicted octanol–water partition coefficient (Wildman–Crippen LogP) is 4.39. The van der Waals surface area contributed by atoms with Crippen LogP contribution in [-0.4, -0.2) is 11.0 Å². The van der Waals surface area contributed by atoms with Crippen molar-refractivity contribution in [3.8, 4) is 0 Å². The van der Waals surface area contributed by atoms with Crippen molar-refractivity contribution in [2.24, 2.45) is 0 Å². The highest BCUT2D eigenvalue weighted by molar-refractivity contribution is 7.80. The number of thiocarbonyl (C=S) groups is 1. The molecule has 6 heteroatoms. The molecule has 4 nitrogen and oxygen atoms in total. The zero-order chi connectivity index (χ0) is 18.8. The fraction of sp³-hybridized carbons (Fsp3) is 0.200. The van der Waals surface area contributed by atoms with Crippen LogP contribution in [0.3, 0.4) is 0 Å². The van der Waals surface area contributed by atoms with Crippen molar-refractivity contribution in [3.63, 3.8) is 0 Å². The van der Waals surface area contributed by atoms with Crippen molar-refractivity contribution in [2.75, 3.05) is 5.32 Å². The predicted molar refractivity (Wildman–Crippen MR) is 110 cm³/mol. The molecule has 0 fully saturated rings. The Kier molecular flexibility index (Phi) is 5.30. The summed E-state index contributed by atoms with van der Waals surface area (Å²) in [5.74, 6) is -0.191. The van der Waals surface area contributed by atoms with Gasteiger partial charge in [0.2, 0.25) is 0 Å². The topological polar surface area (TPSA) is 53.2 Å². The van der Waals surface area contributed by atoms with E-state index in [0.29, 0.717) is 21.4 Å². The second kappa shape index (κ2) is 7.48. The van der Waals surface area contributed by atoms with Gasteiger partial charge in [0.1, 0.15) is 0 Å². The number of allylic oxidation sites excluding steroid dienone is 1. The van der Waals surface area contributed by atoms with Gasteiger partial charge in [-0.3, -0.25) is 4.79 Å². The van der Waals surface area contributed by atoms with E-state index in [2.05, 4.69) is 16.0 Å². The summed E-state index contributed by atoms with van der Waals surface area (Å²) >= 11 is 11.7. The summed E-state index contributed by atoms with van der Waals surface area (Å²) < 4.78 is 0. The van der Waals surface area contributed by atoms with E-state index in [9.17, 15) is 4.79 Å². The molecule has 0 aromatic heterocycles. The van der Waals surface area contributed by atoms with Crippen LogP contribution in [0.2, 0.25) is 5.02 Å². The van der Waals surface area contributed by atoms with E-state index in [-0.39, 0.29) is 5.91 Å². The van der Waals surface area contributed by atoms with Gasteiger partial charge in [-0.1, -0.05) is 41.9 Å². The monoisotopic (exact) mass is 385 g/mol. The molecule has 1 atom stereocenters. The van der Waals surface area contributed by atoms with E-state index >= 15 is 0 Å². The fourth-order valence-electron chi connectivity index (χ4n) is 3.01. The quantitative estimate of drug-likeness (QED) is 0.686. The highest BCUT2D eigenvalue weighted by Crippen LogP contribution is 2.32. The second-order valence-electron chi connectivity index (χ2n) is 6.29. The molecule has 1 amide bonds. The van der Waals surface area contributed by atoms with Crippen LogP contribution in [0.1, 0.15) is 29.7 Å². The summed E-state index contributed by atoms with van der Waals surface area (Å²) in [7, 11) is 0. The Hall–Kier alpha value is -2.37. The number of hydrogen-bond acceptors (Lipinski definition) is 2. The largest absolute Gasteiger partial charge is 0.351 e. The van der Waals surface area contributed by atoms with Gasteiger partial charge in [-0.15, -0.1) is 0 Å². The van der Waals surface area contributed by atoms with Gasteiger partial charge in [-0.25, -0.2) is 0 Å². The van der Waals surface area contributed by atoms with Gasteiger partial charge in [0.15, 0.2) is 5.11 Å². The van der Waals surface area contributed by atoms with Crippen LogP contribution >= 0.6 is 23.8 Å². The van der Waals surface area contributed by atoms with Crippen molar-refractivity contribution in [2.45, 2.75) is 26.8 Å². The number of hydrogen-bond donors (Lipinski definition) is 3. The molecule has 3 N–H and O–H groups in total. The molecule has 0 unspecified atom stereocenters. The van der Waals surface area contributed by atoms with E-state index < -0.39 is 6.04 Å². The van der Waals surface area contributed by atoms with Crippen molar-refractivity contribution < 1.29 is 4.79 Å². The first-order valence-electron chi connectivity index (χ1n) is 8.28. The normalized spacial score (nSPS) is 16.8. The smallest absolute Gasteiger partial charge is 0.255 e. The molecule has 0 bridgehead atoms. The number of nitrogens with one attached hydrogen (secondary N) is 3. The zero-order valence-electron chi connectivity index (χ0n) is 14.8. The fourth-order valence-corrected chi connectivity index (χ4v) is 3.53. The Morgan fingerprint density at radius 2 is 1.85 bits per heavy atom. The Bertz CT molecular complexity index is 923. The van der Waals surface area contributed by atoms with Crippen LogP contribution in [0.4, 0.5) is 5.69 Å². The highest BCUT2D eigenvalue weighted by Gasteiger charge is 2.31. The van der Waals surface area contributed by atoms with Gasteiger partial charge >= 0.3 is 0 Å². The van der Waals surface area contributed by atoms with E-state index in [4.69, 9.17) is 23.8 Å². The summed E-state index contributed by atoms with van der Waals surface area (Å²) in [6, 6.07) is 12.9. The molecule has 1 aliphatic rings. The number of amides is 1. The number of benzene rings is 2. The number of halogens is 1. The maximum atomic E-state index is 13.1. The number of aryl methyl sites for hydroxylation is 1. The third kappa shape index (κ3) is 3.59. The molecule has 1 heterocycles. The Morgan fingerprint density at radius 1 is 1.12 bits per heavy atom. The molecule has 0 saturated heterocycles. The van der Waals surface area contributed by atoms with Crippen LogP contribution in [0.5, 0.6) is 0 Å². The average Bonchev–Trinajstić information content (AvgIpc) is 2.58. The zero-order valence-corrected chi connectivity index (χ0v) is 16.4. The third-order valence-electron chi connectivity index (χ3n) is 4.58. The van der Waals surface area contributed by atoms with E-state index in [0.717, 1.165) is 22.4 Å². The minimum Gasteiger partial charge on any atom is -0.351 e. The number of carbonyl (C=O) groups is 1. The summed E-state index contributed by atoms with van der Waals surface area (Å²) in [6.45, 7) is 5.85. The van der Waals surface area contributed by atoms with Crippen LogP contribution in [0.25, 0.3) is 0 Å². The van der Waals surface area contributed by atoms with Crippen molar-refractivity contribution in [1.29, 1.82) is 0 Å². The van der Waals surface area contributed by atoms with Gasteiger partial charge in [0.25, 0.3) is 5.91 Å². The summed E-state index contributed by atoms with van der Waals surface area (Å²) in [5.41, 5.74) is 5.04. The number of rotatable bonds is 3. The first-order chi connectivity index (χ1) is 12.4. The maximum absolute atomic E-state index is 13.1. The molecular weight excluding hydrogens is 366 g/mol. The molecule has 0 radical (unpaired) electrons. The van der Waals surface area contributed by atoms with Crippen LogP contribution in [0.15, 0.2) is 53.7 Å².